The molecule has 0 atom stereocenters. The van der Waals surface area contributed by atoms with Gasteiger partial charge in [0.1, 0.15) is 17.6 Å². The highest BCUT2D eigenvalue weighted by Gasteiger charge is 2.48. The largest absolute Gasteiger partial charge is 0.440 e. The molecule has 0 amide bonds. The van der Waals surface area contributed by atoms with Crippen LogP contribution in [0.25, 0.3) is 5.57 Å². The Morgan fingerprint density at radius 3 is 1.89 bits per heavy atom. The highest BCUT2D eigenvalue weighted by molar-refractivity contribution is 7.98. The van der Waals surface area contributed by atoms with E-state index in [1.165, 1.54) is 10.0 Å². The van der Waals surface area contributed by atoms with Crippen molar-refractivity contribution in [3.8, 4) is 28.8 Å². The van der Waals surface area contributed by atoms with Crippen LogP contribution < -0.4 is 9.47 Å². The summed E-state index contributed by atoms with van der Waals surface area (Å²) in [5, 5.41) is 23.5. The maximum Gasteiger partial charge on any atom is 0.420 e. The lowest BCUT2D eigenvalue weighted by Crippen LogP contribution is -2.19. The number of aromatic amines is 1. The monoisotopic (exact) mass is 883 g/mol. The Labute approximate surface area is 356 Å². The second kappa shape index (κ2) is 18.0. The lowest BCUT2D eigenvalue weighted by Gasteiger charge is -2.25. The highest BCUT2D eigenvalue weighted by Crippen LogP contribution is 2.49. The molecule has 6 nitrogen and oxygen atoms in total. The minimum atomic E-state index is -5.21. The Balaban J connectivity index is 1.52. The van der Waals surface area contributed by atoms with Gasteiger partial charge in [0.05, 0.1) is 33.5 Å². The first kappa shape index (κ1) is 44.4. The van der Waals surface area contributed by atoms with Gasteiger partial charge in [-0.15, -0.1) is 0 Å². The molecule has 1 aliphatic heterocycles. The van der Waals surface area contributed by atoms with Crippen LogP contribution in [0.3, 0.4) is 0 Å². The first-order valence-corrected chi connectivity index (χ1v) is 21.1. The molecule has 1 N–H and O–H groups in total. The van der Waals surface area contributed by atoms with Gasteiger partial charge in [0.25, 0.3) is 11.9 Å². The smallest absolute Gasteiger partial charge is 0.420 e. The fourth-order valence-corrected chi connectivity index (χ4v) is 9.29. The summed E-state index contributed by atoms with van der Waals surface area (Å²) in [7, 11) is 0. The predicted molar refractivity (Wildman–Crippen MR) is 215 cm³/mol. The molecule has 0 saturated heterocycles. The molecule has 0 radical (unpaired) electrons. The minimum Gasteiger partial charge on any atom is -0.440 e. The summed E-state index contributed by atoms with van der Waals surface area (Å²) < 4.78 is 139. The van der Waals surface area contributed by atoms with Crippen LogP contribution in [0, 0.1) is 27.9 Å². The number of hydrogen-bond donors (Lipinski definition) is 1. The zero-order chi connectivity index (χ0) is 44.4. The van der Waals surface area contributed by atoms with Crippen LogP contribution in [0.2, 0.25) is 0 Å². The number of ether oxygens (including phenoxy) is 2. The van der Waals surface area contributed by atoms with E-state index in [9.17, 15) is 50.0 Å². The maximum absolute atomic E-state index is 14.4. The maximum atomic E-state index is 14.4. The number of nitriles is 2. The van der Waals surface area contributed by atoms with Crippen molar-refractivity contribution in [3.63, 3.8) is 0 Å². The topological polar surface area (TPSA) is 84.8 Å². The number of allylic oxidation sites excluding steroid dienone is 1. The fraction of sp³-hybridized carbons (Fsp3) is 0.370. The summed E-state index contributed by atoms with van der Waals surface area (Å²) >= 11 is 0.643. The van der Waals surface area contributed by atoms with Crippen molar-refractivity contribution >= 4 is 23.4 Å². The number of rotatable bonds is 9. The third-order valence-corrected chi connectivity index (χ3v) is 12.2. The second-order valence-electron chi connectivity index (χ2n) is 15.5. The minimum absolute atomic E-state index is 0.0107. The molecule has 2 heterocycles. The van der Waals surface area contributed by atoms with Gasteiger partial charge in [-0.25, -0.2) is 0 Å². The first-order valence-electron chi connectivity index (χ1n) is 20.3. The number of nitrogens with one attached hydrogen (secondary N) is 1. The molecule has 16 heteroatoms. The SMILES string of the molecule is CCc1cc(C(F)(F)F)ccc1OC1=[N+](SC#N)/C(=C(/c2ccccc2)c2[nH]c(Oc3ccc(C(F)(F)F)cc3C(F)(F)F)cc2C2CCCCC2)C(C2CCCCC2)=C1C#N. The van der Waals surface area contributed by atoms with E-state index in [1.807, 2.05) is 0 Å². The normalized spacial score (nSPS) is 17.9. The zero-order valence-electron chi connectivity index (χ0n) is 33.3. The second-order valence-corrected chi connectivity index (χ2v) is 16.2. The summed E-state index contributed by atoms with van der Waals surface area (Å²) in [6.07, 6.45) is -6.78. The number of benzene rings is 3. The molecule has 2 aliphatic carbocycles. The molecule has 7 rings (SSSR count). The number of hydrogen-bond acceptors (Lipinski definition) is 5. The zero-order valence-corrected chi connectivity index (χ0v) is 34.1. The van der Waals surface area contributed by atoms with Crippen molar-refractivity contribution in [1.29, 1.82) is 10.5 Å². The molecule has 3 aliphatic rings. The summed E-state index contributed by atoms with van der Waals surface area (Å²) in [6.45, 7) is 1.66. The highest BCUT2D eigenvalue weighted by atomic mass is 32.2. The van der Waals surface area contributed by atoms with Crippen LogP contribution in [0.1, 0.15) is 116 Å². The number of thiocyanates is 1. The van der Waals surface area contributed by atoms with Crippen LogP contribution in [-0.4, -0.2) is 14.9 Å². The van der Waals surface area contributed by atoms with E-state index < -0.39 is 41.0 Å². The van der Waals surface area contributed by atoms with Crippen molar-refractivity contribution in [1.82, 2.24) is 4.98 Å². The number of H-pyrrole nitrogens is 1. The third-order valence-electron chi connectivity index (χ3n) is 11.6. The van der Waals surface area contributed by atoms with Gasteiger partial charge in [0.2, 0.25) is 11.1 Å². The van der Waals surface area contributed by atoms with Gasteiger partial charge >= 0.3 is 24.4 Å². The van der Waals surface area contributed by atoms with Crippen LogP contribution in [0.4, 0.5) is 39.5 Å². The van der Waals surface area contributed by atoms with E-state index in [-0.39, 0.29) is 53.0 Å². The number of alkyl halides is 9. The molecule has 4 aromatic rings. The summed E-state index contributed by atoms with van der Waals surface area (Å²) in [4.78, 5) is 3.20. The molecule has 0 unspecified atom stereocenters. The first-order chi connectivity index (χ1) is 29.5. The van der Waals surface area contributed by atoms with Crippen LogP contribution in [-0.2, 0) is 24.9 Å². The van der Waals surface area contributed by atoms with E-state index in [0.717, 1.165) is 50.7 Å². The lowest BCUT2D eigenvalue weighted by molar-refractivity contribution is -0.283. The molecule has 0 spiro atoms. The van der Waals surface area contributed by atoms with Crippen LogP contribution in [0.5, 0.6) is 17.4 Å². The van der Waals surface area contributed by atoms with Crippen LogP contribution >= 0.6 is 11.9 Å². The van der Waals surface area contributed by atoms with E-state index in [4.69, 9.17) is 9.47 Å². The van der Waals surface area contributed by atoms with Gasteiger partial charge < -0.3 is 14.5 Å². The molecule has 0 bridgehead atoms. The third kappa shape index (κ3) is 9.26. The predicted octanol–water partition coefficient (Wildman–Crippen LogP) is 14.3. The number of aryl methyl sites for hydroxylation is 1. The Morgan fingerprint density at radius 2 is 1.32 bits per heavy atom. The van der Waals surface area contributed by atoms with Gasteiger partial charge in [-0.3, -0.25) is 0 Å². The van der Waals surface area contributed by atoms with Gasteiger partial charge in [-0.05, 0) is 97.0 Å². The molecule has 3 aromatic carbocycles. The Hall–Kier alpha value is -5.61. The number of halogens is 9. The number of aromatic nitrogens is 1. The van der Waals surface area contributed by atoms with Crippen molar-refractivity contribution in [2.24, 2.45) is 5.92 Å². The quantitative estimate of drug-likeness (QED) is 0.0783. The fourth-order valence-electron chi connectivity index (χ4n) is 8.72. The van der Waals surface area contributed by atoms with Crippen molar-refractivity contribution in [3.05, 3.63) is 129 Å². The van der Waals surface area contributed by atoms with E-state index in [2.05, 4.69) is 16.5 Å². The van der Waals surface area contributed by atoms with E-state index in [0.29, 0.717) is 83.4 Å². The summed E-state index contributed by atoms with van der Waals surface area (Å²) in [6, 6.07) is 17.0. The summed E-state index contributed by atoms with van der Waals surface area (Å²) in [5.41, 5.74) is -0.718. The van der Waals surface area contributed by atoms with Gasteiger partial charge in [-0.2, -0.15) is 50.0 Å². The summed E-state index contributed by atoms with van der Waals surface area (Å²) in [5.74, 6) is -1.45. The average Bonchev–Trinajstić information content (AvgIpc) is 3.79. The van der Waals surface area contributed by atoms with Gasteiger partial charge in [0, 0.05) is 6.07 Å². The van der Waals surface area contributed by atoms with Crippen molar-refractivity contribution in [2.45, 2.75) is 102 Å². The molecule has 62 heavy (non-hydrogen) atoms. The van der Waals surface area contributed by atoms with E-state index >= 15 is 0 Å². The molecule has 1 aromatic heterocycles. The average molecular weight is 884 g/mol. The Bertz CT molecular complexity index is 2490. The van der Waals surface area contributed by atoms with Crippen LogP contribution in [0.15, 0.2) is 89.6 Å². The molecule has 324 valence electrons. The van der Waals surface area contributed by atoms with E-state index in [1.54, 1.807) is 43.3 Å². The van der Waals surface area contributed by atoms with Gasteiger partial charge in [-0.1, -0.05) is 79.8 Å². The lowest BCUT2D eigenvalue weighted by atomic mass is 9.78. The number of nitrogens with zero attached hydrogens (tertiary/aromatic N) is 3. The molecular weight excluding hydrogens is 844 g/mol. The molecule has 2 saturated carbocycles. The molecular formula is C46H40F9N4O2S+. The standard InChI is InChI=1S/C46H39F9N4O2S/c1-2-27-22-31(44(47,48)49)18-20-36(27)61-43-34(25-56)39(29-14-8-4-9-15-29)42(59(43)62-26-57)40(30-16-10-5-11-17-30)41-33(28-12-6-3-7-13-28)24-38(58-41)60-37-21-19-32(45(50,51)52)23-35(37)46(53,54)55/h5,10-11,16-24,28-29H,2-4,6-9,12-15H2,1H3/p+1. The molecule has 2 fully saturated rings. The van der Waals surface area contributed by atoms with Crippen molar-refractivity contribution in [2.75, 3.05) is 0 Å². The Morgan fingerprint density at radius 1 is 0.726 bits per heavy atom. The van der Waals surface area contributed by atoms with Crippen molar-refractivity contribution < 1.29 is 53.0 Å². The Kier molecular flexibility index (Phi) is 12.9. The van der Waals surface area contributed by atoms with Gasteiger partial charge in [0.15, 0.2) is 11.5 Å².